The molecule has 3 aromatic carbocycles. The van der Waals surface area contributed by atoms with Crippen LogP contribution in [0.1, 0.15) is 58.5 Å². The minimum absolute atomic E-state index is 0.0252. The molecule has 3 aliphatic heterocycles. The Labute approximate surface area is 265 Å². The van der Waals surface area contributed by atoms with E-state index in [1.807, 2.05) is 72.5 Å². The molecule has 1 aromatic heterocycles. The first-order valence-corrected chi connectivity index (χ1v) is 15.5. The average molecular weight is 622 g/mol. The molecular formula is C34H35N7O5. The van der Waals surface area contributed by atoms with Crippen LogP contribution in [-0.2, 0) is 29.0 Å². The highest BCUT2D eigenvalue weighted by Crippen LogP contribution is 2.34. The molecule has 12 heteroatoms. The van der Waals surface area contributed by atoms with Gasteiger partial charge in [0, 0.05) is 49.7 Å². The number of aromatic amines is 1. The number of nitrogens with one attached hydrogen (secondary N) is 2. The highest BCUT2D eigenvalue weighted by molar-refractivity contribution is 6.05. The predicted molar refractivity (Wildman–Crippen MR) is 170 cm³/mol. The largest absolute Gasteiger partial charge is 0.436 e. The number of hydrogen-bond donors (Lipinski definition) is 3. The lowest BCUT2D eigenvalue weighted by Crippen LogP contribution is -2.52. The second-order valence-electron chi connectivity index (χ2n) is 12.1. The molecular weight excluding hydrogens is 586 g/mol. The average Bonchev–Trinajstić information content (AvgIpc) is 3.46. The van der Waals surface area contributed by atoms with Crippen molar-refractivity contribution in [1.82, 2.24) is 24.9 Å². The fourth-order valence-electron chi connectivity index (χ4n) is 6.90. The number of ether oxygens (including phenoxy) is 1. The molecule has 0 saturated carbocycles. The van der Waals surface area contributed by atoms with Crippen molar-refractivity contribution in [1.29, 1.82) is 0 Å². The Balaban J connectivity index is 1.11. The number of piperidine rings is 1. The molecule has 4 N–H and O–H groups in total. The maximum absolute atomic E-state index is 14.2. The van der Waals surface area contributed by atoms with Gasteiger partial charge in [0.2, 0.25) is 0 Å². The number of carbonyl (C=O) groups is 4. The maximum Gasteiger partial charge on any atom is 0.410 e. The number of primary amides is 1. The molecule has 0 radical (unpaired) electrons. The van der Waals surface area contributed by atoms with Crippen LogP contribution in [0.4, 0.5) is 15.3 Å². The van der Waals surface area contributed by atoms with Crippen LogP contribution in [0, 0.1) is 0 Å². The monoisotopic (exact) mass is 621 g/mol. The first-order valence-electron chi connectivity index (χ1n) is 15.5. The lowest BCUT2D eigenvalue weighted by atomic mass is 9.97. The zero-order chi connectivity index (χ0) is 31.9. The highest BCUT2D eigenvalue weighted by Gasteiger charge is 2.39. The highest BCUT2D eigenvalue weighted by atomic mass is 16.6. The molecule has 1 fully saturated rings. The van der Waals surface area contributed by atoms with Crippen LogP contribution in [0.5, 0.6) is 0 Å². The molecule has 0 bridgehead atoms. The molecule has 46 heavy (non-hydrogen) atoms. The van der Waals surface area contributed by atoms with Crippen molar-refractivity contribution in [3.05, 3.63) is 94.7 Å². The normalized spacial score (nSPS) is 19.2. The minimum atomic E-state index is -1.08. The van der Waals surface area contributed by atoms with Gasteiger partial charge in [0.25, 0.3) is 11.8 Å². The number of H-pyrrole nitrogens is 1. The number of urea groups is 1. The van der Waals surface area contributed by atoms with Gasteiger partial charge in [-0.2, -0.15) is 5.10 Å². The Morgan fingerprint density at radius 1 is 0.957 bits per heavy atom. The second-order valence-corrected chi connectivity index (χ2v) is 12.1. The van der Waals surface area contributed by atoms with Gasteiger partial charge in [-0.3, -0.25) is 14.7 Å². The third-order valence-electron chi connectivity index (χ3n) is 9.48. The van der Waals surface area contributed by atoms with Gasteiger partial charge in [0.05, 0.1) is 11.6 Å². The van der Waals surface area contributed by atoms with Crippen LogP contribution >= 0.6 is 0 Å². The summed E-state index contributed by atoms with van der Waals surface area (Å²) in [6.45, 7) is 3.43. The number of carbonyl (C=O) groups excluding carboxylic acids is 4. The van der Waals surface area contributed by atoms with Crippen molar-refractivity contribution in [2.24, 2.45) is 5.73 Å². The molecule has 4 aromatic rings. The number of fused-ring (bicyclic) bond motifs is 4. The summed E-state index contributed by atoms with van der Waals surface area (Å²) < 4.78 is 6.00. The molecule has 236 valence electrons. The van der Waals surface area contributed by atoms with Crippen molar-refractivity contribution in [3.8, 4) is 0 Å². The van der Waals surface area contributed by atoms with Crippen LogP contribution < -0.4 is 11.1 Å². The summed E-state index contributed by atoms with van der Waals surface area (Å²) >= 11 is 0. The molecule has 4 heterocycles. The summed E-state index contributed by atoms with van der Waals surface area (Å²) in [5, 5.41) is 10.6. The Morgan fingerprint density at radius 2 is 1.70 bits per heavy atom. The molecule has 12 nitrogen and oxygen atoms in total. The molecule has 0 spiro atoms. The second kappa shape index (κ2) is 11.8. The zero-order valence-corrected chi connectivity index (χ0v) is 25.4. The summed E-state index contributed by atoms with van der Waals surface area (Å²) in [6.07, 6.45) is -0.317. The van der Waals surface area contributed by atoms with Crippen molar-refractivity contribution in [2.75, 3.05) is 18.4 Å². The van der Waals surface area contributed by atoms with Crippen LogP contribution in [-0.4, -0.2) is 74.1 Å². The van der Waals surface area contributed by atoms with Gasteiger partial charge in [-0.15, -0.1) is 0 Å². The van der Waals surface area contributed by atoms with E-state index in [9.17, 15) is 19.2 Å². The van der Waals surface area contributed by atoms with Gasteiger partial charge in [-0.1, -0.05) is 54.6 Å². The molecule has 2 atom stereocenters. The van der Waals surface area contributed by atoms with Crippen LogP contribution in [0.2, 0.25) is 0 Å². The number of para-hydroxylation sites is 1. The van der Waals surface area contributed by atoms with Crippen LogP contribution in [0.3, 0.4) is 0 Å². The molecule has 7 rings (SSSR count). The number of nitrogens with two attached hydrogens (primary N) is 1. The molecule has 2 unspecified atom stereocenters. The van der Waals surface area contributed by atoms with Crippen molar-refractivity contribution in [2.45, 2.75) is 57.5 Å². The summed E-state index contributed by atoms with van der Waals surface area (Å²) in [7, 11) is 0. The molecule has 5 amide bonds. The van der Waals surface area contributed by atoms with E-state index >= 15 is 0 Å². The van der Waals surface area contributed by atoms with Gasteiger partial charge in [0.15, 0.2) is 11.8 Å². The SMILES string of the molecule is CC(c1ccccc1)N1Cc2c(ccc3[nH]nc(C(N)=O)c23)CC(OC(=O)N2CCC(N3Cc4ccccc4NC3=O)CC2)C1=O. The first-order chi connectivity index (χ1) is 22.3. The van der Waals surface area contributed by atoms with Crippen LogP contribution in [0.15, 0.2) is 66.7 Å². The number of amides is 5. The topological polar surface area (TPSA) is 154 Å². The lowest BCUT2D eigenvalue weighted by molar-refractivity contribution is -0.143. The third-order valence-corrected chi connectivity index (χ3v) is 9.48. The Bertz CT molecular complexity index is 1830. The third kappa shape index (κ3) is 5.29. The molecule has 1 saturated heterocycles. The van der Waals surface area contributed by atoms with Crippen LogP contribution in [0.25, 0.3) is 10.9 Å². The fraction of sp³-hybridized carbons (Fsp3) is 0.324. The van der Waals surface area contributed by atoms with Gasteiger partial charge in [-0.05, 0) is 54.2 Å². The van der Waals surface area contributed by atoms with Gasteiger partial charge >= 0.3 is 12.1 Å². The molecule has 3 aliphatic rings. The van der Waals surface area contributed by atoms with Gasteiger partial charge in [0.1, 0.15) is 0 Å². The smallest absolute Gasteiger partial charge is 0.410 e. The summed E-state index contributed by atoms with van der Waals surface area (Å²) in [6, 6.07) is 20.5. The van der Waals surface area contributed by atoms with Crippen molar-refractivity contribution >= 4 is 40.5 Å². The van der Waals surface area contributed by atoms with Crippen molar-refractivity contribution in [3.63, 3.8) is 0 Å². The summed E-state index contributed by atoms with van der Waals surface area (Å²) in [5.74, 6) is -0.993. The number of likely N-dealkylation sites (tertiary alicyclic amines) is 1. The van der Waals surface area contributed by atoms with E-state index in [0.717, 1.165) is 27.9 Å². The standard InChI is InChI=1S/C34H35N7O5/c1-20(21-7-3-2-4-8-21)40-19-25-22(11-12-27-29(25)30(31(35)42)38-37-27)17-28(32(40)43)46-34(45)39-15-13-24(14-16-39)41-18-23-9-5-6-10-26(23)36-33(41)44/h2-12,20,24,28H,13-19H2,1H3,(H2,35,42)(H,36,44)(H,37,38). The quantitative estimate of drug-likeness (QED) is 0.302. The van der Waals surface area contributed by atoms with E-state index in [2.05, 4.69) is 15.5 Å². The number of hydrogen-bond acceptors (Lipinski definition) is 6. The van der Waals surface area contributed by atoms with E-state index in [1.165, 1.54) is 0 Å². The number of rotatable bonds is 5. The molecule has 0 aliphatic carbocycles. The number of aromatic nitrogens is 2. The Hall–Kier alpha value is -5.39. The van der Waals surface area contributed by atoms with E-state index in [4.69, 9.17) is 10.5 Å². The summed E-state index contributed by atoms with van der Waals surface area (Å²) in [4.78, 5) is 58.0. The van der Waals surface area contributed by atoms with Gasteiger partial charge < -0.3 is 30.5 Å². The predicted octanol–water partition coefficient (Wildman–Crippen LogP) is 4.33. The van der Waals surface area contributed by atoms with E-state index in [1.54, 1.807) is 15.9 Å². The zero-order valence-electron chi connectivity index (χ0n) is 25.4. The lowest BCUT2D eigenvalue weighted by Gasteiger charge is -2.40. The number of nitrogens with zero attached hydrogens (tertiary/aromatic N) is 4. The minimum Gasteiger partial charge on any atom is -0.436 e. The Kier molecular flexibility index (Phi) is 7.55. The first kappa shape index (κ1) is 29.3. The Morgan fingerprint density at radius 3 is 2.46 bits per heavy atom. The number of anilines is 1. The number of benzene rings is 3. The van der Waals surface area contributed by atoms with E-state index in [0.29, 0.717) is 43.4 Å². The van der Waals surface area contributed by atoms with E-state index in [-0.39, 0.29) is 42.7 Å². The summed E-state index contributed by atoms with van der Waals surface area (Å²) in [5.41, 5.74) is 10.7. The van der Waals surface area contributed by atoms with E-state index < -0.39 is 18.1 Å². The van der Waals surface area contributed by atoms with Gasteiger partial charge in [-0.25, -0.2) is 9.59 Å². The fourth-order valence-corrected chi connectivity index (χ4v) is 6.90. The maximum atomic E-state index is 14.2. The van der Waals surface area contributed by atoms with Crippen molar-refractivity contribution < 1.29 is 23.9 Å².